The van der Waals surface area contributed by atoms with E-state index in [1.54, 1.807) is 0 Å². The molecule has 0 radical (unpaired) electrons. The highest BCUT2D eigenvalue weighted by Gasteiger charge is 2.34. The Morgan fingerprint density at radius 2 is 1.52 bits per heavy atom. The molecule has 2 unspecified atom stereocenters. The summed E-state index contributed by atoms with van der Waals surface area (Å²) < 4.78 is 54.6. The standard InChI is InChI=1S/C13H12F4O5S/c1-4(18)23-3-2-5(19)12(20)6-8(14)10(16)7(13(21)22)11(17)9(6)15/h5,12,19-20H,2-3H2,1H3,(H,21,22). The molecule has 3 N–H and O–H groups in total. The molecule has 1 rings (SSSR count). The minimum Gasteiger partial charge on any atom is -0.477 e. The minimum atomic E-state index is -2.34. The van der Waals surface area contributed by atoms with Crippen molar-refractivity contribution in [1.82, 2.24) is 0 Å². The van der Waals surface area contributed by atoms with Gasteiger partial charge in [-0.15, -0.1) is 0 Å². The molecular formula is C13H12F4O5S. The van der Waals surface area contributed by atoms with Crippen LogP contribution in [0, 0.1) is 23.3 Å². The lowest BCUT2D eigenvalue weighted by Gasteiger charge is -2.20. The average Bonchev–Trinajstić information content (AvgIpc) is 2.44. The first-order valence-corrected chi connectivity index (χ1v) is 7.16. The van der Waals surface area contributed by atoms with Crippen LogP contribution in [0.3, 0.4) is 0 Å². The smallest absolute Gasteiger partial charge is 0.341 e. The molecule has 0 aliphatic rings. The third-order valence-corrected chi connectivity index (χ3v) is 3.74. The Kier molecular flexibility index (Phi) is 6.54. The molecule has 0 fully saturated rings. The average molecular weight is 356 g/mol. The maximum atomic E-state index is 13.7. The fourth-order valence-electron chi connectivity index (χ4n) is 1.77. The Morgan fingerprint density at radius 3 is 1.91 bits per heavy atom. The molecule has 0 spiro atoms. The number of thioether (sulfide) groups is 1. The van der Waals surface area contributed by atoms with Crippen LogP contribution in [-0.2, 0) is 4.79 Å². The van der Waals surface area contributed by atoms with Gasteiger partial charge < -0.3 is 15.3 Å². The van der Waals surface area contributed by atoms with E-state index in [1.807, 2.05) is 0 Å². The van der Waals surface area contributed by atoms with E-state index in [9.17, 15) is 37.4 Å². The van der Waals surface area contributed by atoms with Gasteiger partial charge in [-0.3, -0.25) is 4.79 Å². The summed E-state index contributed by atoms with van der Waals surface area (Å²) in [6, 6.07) is 0. The first-order chi connectivity index (χ1) is 10.6. The van der Waals surface area contributed by atoms with Crippen molar-refractivity contribution in [3.63, 3.8) is 0 Å². The van der Waals surface area contributed by atoms with Crippen LogP contribution < -0.4 is 0 Å². The molecule has 2 atom stereocenters. The maximum Gasteiger partial charge on any atom is 0.341 e. The number of rotatable bonds is 6. The van der Waals surface area contributed by atoms with Gasteiger partial charge in [0.2, 0.25) is 0 Å². The number of halogens is 4. The summed E-state index contributed by atoms with van der Waals surface area (Å²) in [5.41, 5.74) is -3.34. The third kappa shape index (κ3) is 4.21. The van der Waals surface area contributed by atoms with Gasteiger partial charge in [0.1, 0.15) is 11.7 Å². The van der Waals surface area contributed by atoms with Gasteiger partial charge in [0.25, 0.3) is 0 Å². The zero-order valence-electron chi connectivity index (χ0n) is 11.6. The van der Waals surface area contributed by atoms with E-state index in [-0.39, 0.29) is 17.3 Å². The van der Waals surface area contributed by atoms with Crippen molar-refractivity contribution in [2.24, 2.45) is 0 Å². The topological polar surface area (TPSA) is 94.8 Å². The third-order valence-electron chi connectivity index (χ3n) is 2.89. The van der Waals surface area contributed by atoms with Gasteiger partial charge in [0, 0.05) is 12.7 Å². The normalized spacial score (nSPS) is 13.7. The highest BCUT2D eigenvalue weighted by Crippen LogP contribution is 2.31. The molecule has 0 bridgehead atoms. The lowest BCUT2D eigenvalue weighted by Crippen LogP contribution is -2.24. The van der Waals surface area contributed by atoms with Crippen LogP contribution in [0.15, 0.2) is 0 Å². The number of hydrogen-bond acceptors (Lipinski definition) is 5. The van der Waals surface area contributed by atoms with E-state index >= 15 is 0 Å². The van der Waals surface area contributed by atoms with Crippen LogP contribution in [0.4, 0.5) is 17.6 Å². The molecule has 0 heterocycles. The summed E-state index contributed by atoms with van der Waals surface area (Å²) in [6.45, 7) is 1.24. The molecule has 0 saturated heterocycles. The monoisotopic (exact) mass is 356 g/mol. The van der Waals surface area contributed by atoms with E-state index in [1.165, 1.54) is 6.92 Å². The Morgan fingerprint density at radius 1 is 1.04 bits per heavy atom. The van der Waals surface area contributed by atoms with Crippen LogP contribution >= 0.6 is 11.8 Å². The first kappa shape index (κ1) is 19.4. The van der Waals surface area contributed by atoms with Crippen molar-refractivity contribution in [1.29, 1.82) is 0 Å². The minimum absolute atomic E-state index is 0.00499. The number of carbonyl (C=O) groups is 2. The maximum absolute atomic E-state index is 13.7. The van der Waals surface area contributed by atoms with Crippen LogP contribution in [0.2, 0.25) is 0 Å². The first-order valence-electron chi connectivity index (χ1n) is 6.18. The Bertz CT molecular complexity index is 608. The van der Waals surface area contributed by atoms with Crippen molar-refractivity contribution in [2.75, 3.05) is 5.75 Å². The van der Waals surface area contributed by atoms with E-state index in [4.69, 9.17) is 5.11 Å². The van der Waals surface area contributed by atoms with Gasteiger partial charge in [0.05, 0.1) is 11.7 Å². The van der Waals surface area contributed by atoms with Crippen molar-refractivity contribution >= 4 is 22.8 Å². The van der Waals surface area contributed by atoms with E-state index < -0.39 is 52.6 Å². The largest absolute Gasteiger partial charge is 0.477 e. The van der Waals surface area contributed by atoms with Crippen LogP contribution in [-0.4, -0.2) is 38.3 Å². The van der Waals surface area contributed by atoms with Crippen molar-refractivity contribution < 1.29 is 42.5 Å². The van der Waals surface area contributed by atoms with Crippen LogP contribution in [0.25, 0.3) is 0 Å². The number of benzene rings is 1. The lowest BCUT2D eigenvalue weighted by atomic mass is 9.98. The molecule has 0 aliphatic carbocycles. The zero-order chi connectivity index (χ0) is 17.9. The lowest BCUT2D eigenvalue weighted by molar-refractivity contribution is -0.109. The molecule has 23 heavy (non-hydrogen) atoms. The fraction of sp³-hybridized carbons (Fsp3) is 0.385. The Hall–Kier alpha value is -1.65. The van der Waals surface area contributed by atoms with E-state index in [0.717, 1.165) is 11.8 Å². The number of hydrogen-bond donors (Lipinski definition) is 3. The number of aliphatic hydroxyl groups excluding tert-OH is 2. The molecule has 128 valence electrons. The second kappa shape index (κ2) is 7.75. The van der Waals surface area contributed by atoms with Crippen molar-refractivity contribution in [3.8, 4) is 0 Å². The van der Waals surface area contributed by atoms with Gasteiger partial charge in [-0.05, 0) is 6.42 Å². The van der Waals surface area contributed by atoms with Gasteiger partial charge in [-0.25, -0.2) is 22.4 Å². The number of aliphatic hydroxyl groups is 2. The summed E-state index contributed by atoms with van der Waals surface area (Å²) in [4.78, 5) is 21.3. The summed E-state index contributed by atoms with van der Waals surface area (Å²) in [7, 11) is 0. The number of carboxylic acids is 1. The van der Waals surface area contributed by atoms with E-state index in [2.05, 4.69) is 0 Å². The summed E-state index contributed by atoms with van der Waals surface area (Å²) in [5, 5.41) is 27.6. The highest BCUT2D eigenvalue weighted by atomic mass is 32.2. The van der Waals surface area contributed by atoms with Crippen LogP contribution in [0.1, 0.15) is 35.4 Å². The molecule has 10 heteroatoms. The van der Waals surface area contributed by atoms with E-state index in [0.29, 0.717) is 0 Å². The summed E-state index contributed by atoms with van der Waals surface area (Å²) >= 11 is 0.770. The Balaban J connectivity index is 3.17. The second-order valence-electron chi connectivity index (χ2n) is 4.49. The molecule has 0 saturated carbocycles. The zero-order valence-corrected chi connectivity index (χ0v) is 12.5. The number of aromatic carboxylic acids is 1. The molecular weight excluding hydrogens is 344 g/mol. The molecule has 0 aromatic heterocycles. The highest BCUT2D eigenvalue weighted by molar-refractivity contribution is 8.13. The van der Waals surface area contributed by atoms with Crippen molar-refractivity contribution in [2.45, 2.75) is 25.6 Å². The number of carbonyl (C=O) groups excluding carboxylic acids is 1. The predicted molar refractivity (Wildman–Crippen MR) is 72.0 cm³/mol. The molecule has 0 aliphatic heterocycles. The SMILES string of the molecule is CC(=O)SCCC(O)C(O)c1c(F)c(F)c(C(=O)O)c(F)c1F. The quantitative estimate of drug-likeness (QED) is 0.533. The number of carboxylic acid groups (broad SMARTS) is 1. The van der Waals surface area contributed by atoms with Gasteiger partial charge >= 0.3 is 5.97 Å². The Labute approximate surface area is 131 Å². The van der Waals surface area contributed by atoms with Crippen molar-refractivity contribution in [3.05, 3.63) is 34.4 Å². The van der Waals surface area contributed by atoms with Crippen LogP contribution in [0.5, 0.6) is 0 Å². The molecule has 5 nitrogen and oxygen atoms in total. The van der Waals surface area contributed by atoms with Gasteiger partial charge in [-0.2, -0.15) is 0 Å². The summed E-state index contributed by atoms with van der Waals surface area (Å²) in [5.74, 6) is -10.8. The van der Waals surface area contributed by atoms with Gasteiger partial charge in [-0.1, -0.05) is 11.8 Å². The summed E-state index contributed by atoms with van der Waals surface area (Å²) in [6.07, 6.45) is -4.46. The molecule has 1 aromatic carbocycles. The molecule has 1 aromatic rings. The predicted octanol–water partition coefficient (Wildman–Crippen LogP) is 2.01. The van der Waals surface area contributed by atoms with Gasteiger partial charge in [0.15, 0.2) is 28.4 Å². The molecule has 0 amide bonds. The fourth-order valence-corrected chi connectivity index (χ4v) is 2.42. The second-order valence-corrected chi connectivity index (χ2v) is 5.76.